The van der Waals surface area contributed by atoms with Gasteiger partial charge < -0.3 is 5.11 Å². The van der Waals surface area contributed by atoms with E-state index in [1.54, 1.807) is 0 Å². The van der Waals surface area contributed by atoms with Gasteiger partial charge in [-0.3, -0.25) is 4.79 Å². The highest BCUT2D eigenvalue weighted by Gasteiger charge is 2.19. The summed E-state index contributed by atoms with van der Waals surface area (Å²) in [6.07, 6.45) is 0. The minimum Gasteiger partial charge on any atom is -0.481 e. The number of carboxylic acids is 1. The molecule has 0 saturated carbocycles. The zero-order valence-electron chi connectivity index (χ0n) is 4.27. The van der Waals surface area contributed by atoms with E-state index in [0.29, 0.717) is 0 Å². The molecule has 0 aromatic carbocycles. The number of carbonyl (C=O) groups is 1. The van der Waals surface area contributed by atoms with Gasteiger partial charge in [0.25, 0.3) is 0 Å². The van der Waals surface area contributed by atoms with Crippen molar-refractivity contribution in [1.29, 1.82) is 0 Å². The Bertz CT molecular complexity index is 94.0. The maximum Gasteiger partial charge on any atom is 0.310 e. The summed E-state index contributed by atoms with van der Waals surface area (Å²) >= 11 is 4.78. The third-order valence-corrected chi connectivity index (χ3v) is 1.15. The topological polar surface area (TPSA) is 37.3 Å². The van der Waals surface area contributed by atoms with Crippen LogP contribution in [0, 0.1) is 5.92 Å². The highest BCUT2D eigenvalue weighted by molar-refractivity contribution is 6.20. The van der Waals surface area contributed by atoms with Crippen molar-refractivity contribution in [1.82, 2.24) is 0 Å². The summed E-state index contributed by atoms with van der Waals surface area (Å²) in [6, 6.07) is 0. The summed E-state index contributed by atoms with van der Waals surface area (Å²) in [4.78, 5) is 9.82. The molecule has 8 heavy (non-hydrogen) atoms. The molecule has 2 nitrogen and oxygen atoms in total. The fourth-order valence-electron chi connectivity index (χ4n) is 0.108. The van der Waals surface area contributed by atoms with Crippen molar-refractivity contribution in [2.45, 2.75) is 12.6 Å². The Morgan fingerprint density at radius 1 is 1.88 bits per heavy atom. The molecule has 0 aliphatic heterocycles. The summed E-state index contributed by atoms with van der Waals surface area (Å²) < 4.78 is 11.7. The number of carboxylic acid groups (broad SMARTS) is 1. The molecule has 0 bridgehead atoms. The number of hydrogen-bond donors (Lipinski definition) is 1. The molecule has 0 heterocycles. The van der Waals surface area contributed by atoms with Gasteiger partial charge in [-0.25, -0.2) is 4.39 Å². The van der Waals surface area contributed by atoms with Crippen molar-refractivity contribution in [2.75, 3.05) is 0 Å². The number of hydrogen-bond acceptors (Lipinski definition) is 1. The van der Waals surface area contributed by atoms with Gasteiger partial charge in [0, 0.05) is 0 Å². The highest BCUT2D eigenvalue weighted by atomic mass is 35.5. The molecule has 0 aliphatic carbocycles. The molecular weight excluding hydrogens is 134 g/mol. The van der Waals surface area contributed by atoms with Gasteiger partial charge in [-0.1, -0.05) is 11.6 Å². The molecule has 0 aliphatic rings. The number of halogens is 2. The predicted octanol–water partition coefficient (Wildman–Crippen LogP) is 1.24. The lowest BCUT2D eigenvalue weighted by atomic mass is 10.2. The number of alkyl halides is 2. The van der Waals surface area contributed by atoms with Gasteiger partial charge in [-0.2, -0.15) is 0 Å². The van der Waals surface area contributed by atoms with Crippen molar-refractivity contribution in [3.63, 3.8) is 0 Å². The van der Waals surface area contributed by atoms with Crippen LogP contribution in [0.5, 0.6) is 0 Å². The van der Waals surface area contributed by atoms with E-state index >= 15 is 0 Å². The fraction of sp³-hybridized carbons (Fsp3) is 0.750. The maximum atomic E-state index is 11.7. The summed E-state index contributed by atoms with van der Waals surface area (Å²) in [7, 11) is 0. The van der Waals surface area contributed by atoms with Crippen molar-refractivity contribution in [2.24, 2.45) is 5.92 Å². The average Bonchev–Trinajstić information content (AvgIpc) is 1.64. The van der Waals surface area contributed by atoms with Gasteiger partial charge in [-0.15, -0.1) is 0 Å². The molecule has 48 valence electrons. The molecule has 2 unspecified atom stereocenters. The molecule has 0 aromatic rings. The lowest BCUT2D eigenvalue weighted by Crippen LogP contribution is -2.16. The van der Waals surface area contributed by atoms with Gasteiger partial charge in [0.15, 0.2) is 5.63 Å². The fourth-order valence-corrected chi connectivity index (χ4v) is 0.216. The minimum atomic E-state index is -1.78. The minimum absolute atomic E-state index is 1.11. The Kier molecular flexibility index (Phi) is 2.76. The van der Waals surface area contributed by atoms with Crippen LogP contribution in [0.4, 0.5) is 4.39 Å². The maximum absolute atomic E-state index is 11.7. The van der Waals surface area contributed by atoms with E-state index in [9.17, 15) is 9.18 Å². The molecule has 0 spiro atoms. The largest absolute Gasteiger partial charge is 0.481 e. The summed E-state index contributed by atoms with van der Waals surface area (Å²) in [5.41, 5.74) is -1.78. The number of aliphatic carboxylic acids is 1. The molecule has 2 atom stereocenters. The van der Waals surface area contributed by atoms with E-state index in [-0.39, 0.29) is 0 Å². The van der Waals surface area contributed by atoms with Gasteiger partial charge in [0.05, 0.1) is 5.92 Å². The lowest BCUT2D eigenvalue weighted by molar-refractivity contribution is -0.142. The first-order valence-corrected chi connectivity index (χ1v) is 2.50. The molecule has 0 amide bonds. The Morgan fingerprint density at radius 2 is 2.25 bits per heavy atom. The van der Waals surface area contributed by atoms with Crippen LogP contribution in [0.2, 0.25) is 0 Å². The second kappa shape index (κ2) is 2.87. The predicted molar refractivity (Wildman–Crippen MR) is 27.5 cm³/mol. The van der Waals surface area contributed by atoms with Crippen molar-refractivity contribution in [3.8, 4) is 0 Å². The Morgan fingerprint density at radius 3 is 2.25 bits per heavy atom. The average molecular weight is 141 g/mol. The molecule has 1 N–H and O–H groups in total. The van der Waals surface area contributed by atoms with Crippen LogP contribution in [-0.2, 0) is 4.79 Å². The van der Waals surface area contributed by atoms with Gasteiger partial charge in [0.1, 0.15) is 0 Å². The van der Waals surface area contributed by atoms with Crippen molar-refractivity contribution < 1.29 is 14.3 Å². The van der Waals surface area contributed by atoms with Crippen molar-refractivity contribution >= 4 is 17.6 Å². The SMILES string of the molecule is CC(C(=O)O)C(F)Cl. The zero-order valence-corrected chi connectivity index (χ0v) is 5.02. The first kappa shape index (κ1) is 7.69. The smallest absolute Gasteiger partial charge is 0.310 e. The summed E-state index contributed by atoms with van der Waals surface area (Å²) in [5.74, 6) is -2.33. The quantitative estimate of drug-likeness (QED) is 0.586. The Balaban J connectivity index is 3.64. The van der Waals surface area contributed by atoms with Crippen LogP contribution < -0.4 is 0 Å². The molecule has 0 saturated heterocycles. The first-order chi connectivity index (χ1) is 3.55. The van der Waals surface area contributed by atoms with E-state index in [4.69, 9.17) is 16.7 Å². The van der Waals surface area contributed by atoms with Crippen LogP contribution in [0.15, 0.2) is 0 Å². The highest BCUT2D eigenvalue weighted by Crippen LogP contribution is 2.10. The summed E-state index contributed by atoms with van der Waals surface area (Å²) in [6.45, 7) is 1.21. The van der Waals surface area contributed by atoms with E-state index < -0.39 is 17.5 Å². The summed E-state index contributed by atoms with van der Waals surface area (Å²) in [5, 5.41) is 8.03. The molecule has 4 heteroatoms. The van der Waals surface area contributed by atoms with Crippen LogP contribution in [0.1, 0.15) is 6.92 Å². The second-order valence-electron chi connectivity index (χ2n) is 1.46. The standard InChI is InChI=1S/C4H6ClFO2/c1-2(3(5)6)4(7)8/h2-3H,1H3,(H,7,8). The third-order valence-electron chi connectivity index (χ3n) is 0.767. The molecule has 0 fully saturated rings. The molecule has 0 aromatic heterocycles. The monoisotopic (exact) mass is 140 g/mol. The first-order valence-electron chi connectivity index (χ1n) is 2.06. The Hall–Kier alpha value is -0.310. The second-order valence-corrected chi connectivity index (χ2v) is 1.88. The van der Waals surface area contributed by atoms with Gasteiger partial charge in [-0.05, 0) is 6.92 Å². The van der Waals surface area contributed by atoms with Gasteiger partial charge >= 0.3 is 5.97 Å². The van der Waals surface area contributed by atoms with Gasteiger partial charge in [0.2, 0.25) is 0 Å². The van der Waals surface area contributed by atoms with Crippen LogP contribution >= 0.6 is 11.6 Å². The van der Waals surface area contributed by atoms with E-state index in [0.717, 1.165) is 0 Å². The molecular formula is C4H6ClFO2. The number of rotatable bonds is 2. The molecule has 0 radical (unpaired) electrons. The van der Waals surface area contributed by atoms with E-state index in [1.165, 1.54) is 6.92 Å². The molecule has 0 rings (SSSR count). The van der Waals surface area contributed by atoms with Crippen LogP contribution in [-0.4, -0.2) is 16.7 Å². The zero-order chi connectivity index (χ0) is 6.73. The Labute approximate surface area is 51.3 Å². The third kappa shape index (κ3) is 2.12. The van der Waals surface area contributed by atoms with Crippen LogP contribution in [0.3, 0.4) is 0 Å². The normalized spacial score (nSPS) is 17.4. The lowest BCUT2D eigenvalue weighted by Gasteiger charge is -2.02. The van der Waals surface area contributed by atoms with E-state index in [1.807, 2.05) is 0 Å². The van der Waals surface area contributed by atoms with E-state index in [2.05, 4.69) is 0 Å². The van der Waals surface area contributed by atoms with Crippen LogP contribution in [0.25, 0.3) is 0 Å². The van der Waals surface area contributed by atoms with Crippen molar-refractivity contribution in [3.05, 3.63) is 0 Å².